The molecule has 0 N–H and O–H groups in total. The first-order chi connectivity index (χ1) is 8.40. The number of carbonyl (C=O) groups excluding carboxylic acids is 1. The smallest absolute Gasteiger partial charge is 0.438 e. The molecule has 0 aromatic heterocycles. The molecule has 0 heterocycles. The Hall–Kier alpha value is -1.03. The Labute approximate surface area is 109 Å². The SMILES string of the molecule is COC(=O)OC1/C=C/CCC(OC(C)(C)C)CC1. The molecular weight excluding hydrogens is 232 g/mol. The monoisotopic (exact) mass is 256 g/mol. The van der Waals surface area contributed by atoms with Crippen molar-refractivity contribution in [2.45, 2.75) is 64.3 Å². The molecule has 4 heteroatoms. The third kappa shape index (κ3) is 6.05. The highest BCUT2D eigenvalue weighted by Gasteiger charge is 2.22. The van der Waals surface area contributed by atoms with Crippen LogP contribution in [0.1, 0.15) is 46.5 Å². The van der Waals surface area contributed by atoms with Crippen LogP contribution in [-0.4, -0.2) is 31.1 Å². The summed E-state index contributed by atoms with van der Waals surface area (Å²) in [5.41, 5.74) is -0.133. The summed E-state index contributed by atoms with van der Waals surface area (Å²) in [5, 5.41) is 0. The van der Waals surface area contributed by atoms with Crippen LogP contribution in [0, 0.1) is 0 Å². The van der Waals surface area contributed by atoms with Gasteiger partial charge in [-0.25, -0.2) is 4.79 Å². The molecule has 0 aromatic carbocycles. The highest BCUT2D eigenvalue weighted by Crippen LogP contribution is 2.22. The van der Waals surface area contributed by atoms with Crippen molar-refractivity contribution in [3.8, 4) is 0 Å². The zero-order chi connectivity index (χ0) is 13.6. The van der Waals surface area contributed by atoms with E-state index in [9.17, 15) is 4.79 Å². The van der Waals surface area contributed by atoms with E-state index in [1.165, 1.54) is 7.11 Å². The molecule has 0 amide bonds. The standard InChI is InChI=1S/C14H24O4/c1-14(2,3)18-12-8-6-5-7-11(9-10-12)17-13(15)16-4/h5,7,11-12H,6,8-10H2,1-4H3/b7-5+. The topological polar surface area (TPSA) is 44.8 Å². The van der Waals surface area contributed by atoms with E-state index in [1.54, 1.807) is 0 Å². The van der Waals surface area contributed by atoms with Gasteiger partial charge >= 0.3 is 6.16 Å². The van der Waals surface area contributed by atoms with Crippen LogP contribution in [0.2, 0.25) is 0 Å². The first-order valence-corrected chi connectivity index (χ1v) is 6.50. The van der Waals surface area contributed by atoms with E-state index in [0.29, 0.717) is 0 Å². The summed E-state index contributed by atoms with van der Waals surface area (Å²) >= 11 is 0. The van der Waals surface area contributed by atoms with Crippen LogP contribution < -0.4 is 0 Å². The molecule has 1 aliphatic carbocycles. The number of carbonyl (C=O) groups is 1. The maximum absolute atomic E-state index is 11.1. The fourth-order valence-corrected chi connectivity index (χ4v) is 2.01. The van der Waals surface area contributed by atoms with Crippen molar-refractivity contribution < 1.29 is 19.0 Å². The third-order valence-corrected chi connectivity index (χ3v) is 2.71. The van der Waals surface area contributed by atoms with E-state index >= 15 is 0 Å². The van der Waals surface area contributed by atoms with Crippen LogP contribution in [0.5, 0.6) is 0 Å². The second-order valence-corrected chi connectivity index (χ2v) is 5.55. The van der Waals surface area contributed by atoms with Gasteiger partial charge < -0.3 is 14.2 Å². The first kappa shape index (κ1) is 15.0. The Morgan fingerprint density at radius 3 is 2.56 bits per heavy atom. The van der Waals surface area contributed by atoms with E-state index < -0.39 is 6.16 Å². The van der Waals surface area contributed by atoms with Crippen LogP contribution >= 0.6 is 0 Å². The van der Waals surface area contributed by atoms with Crippen LogP contribution in [0.3, 0.4) is 0 Å². The van der Waals surface area contributed by atoms with E-state index in [2.05, 4.69) is 25.5 Å². The van der Waals surface area contributed by atoms with Crippen LogP contribution in [-0.2, 0) is 14.2 Å². The van der Waals surface area contributed by atoms with Gasteiger partial charge in [-0.2, -0.15) is 0 Å². The molecule has 0 radical (unpaired) electrons. The second-order valence-electron chi connectivity index (χ2n) is 5.55. The summed E-state index contributed by atoms with van der Waals surface area (Å²) in [6, 6.07) is 0. The van der Waals surface area contributed by atoms with Crippen LogP contribution in [0.15, 0.2) is 12.2 Å². The summed E-state index contributed by atoms with van der Waals surface area (Å²) < 4.78 is 15.6. The van der Waals surface area contributed by atoms with Gasteiger partial charge in [-0.3, -0.25) is 0 Å². The fraction of sp³-hybridized carbons (Fsp3) is 0.786. The predicted molar refractivity (Wildman–Crippen MR) is 69.5 cm³/mol. The minimum absolute atomic E-state index is 0.133. The lowest BCUT2D eigenvalue weighted by atomic mass is 10.0. The average molecular weight is 256 g/mol. The van der Waals surface area contributed by atoms with Crippen molar-refractivity contribution in [2.75, 3.05) is 7.11 Å². The zero-order valence-electron chi connectivity index (χ0n) is 11.8. The minimum atomic E-state index is -0.626. The molecule has 18 heavy (non-hydrogen) atoms. The van der Waals surface area contributed by atoms with E-state index in [-0.39, 0.29) is 17.8 Å². The Kier molecular flexibility index (Phi) is 5.66. The largest absolute Gasteiger partial charge is 0.508 e. The molecule has 0 saturated heterocycles. The maximum Gasteiger partial charge on any atom is 0.508 e. The Balaban J connectivity index is 2.48. The van der Waals surface area contributed by atoms with Gasteiger partial charge in [0.05, 0.1) is 18.8 Å². The summed E-state index contributed by atoms with van der Waals surface area (Å²) in [6.07, 6.45) is 6.99. The number of methoxy groups -OCH3 is 1. The first-order valence-electron chi connectivity index (χ1n) is 6.50. The zero-order valence-corrected chi connectivity index (χ0v) is 11.8. The molecular formula is C14H24O4. The number of hydrogen-bond acceptors (Lipinski definition) is 4. The Morgan fingerprint density at radius 1 is 1.22 bits per heavy atom. The quantitative estimate of drug-likeness (QED) is 0.560. The van der Waals surface area contributed by atoms with Crippen molar-refractivity contribution in [1.82, 2.24) is 0 Å². The van der Waals surface area contributed by atoms with E-state index in [1.807, 2.05) is 12.2 Å². The summed E-state index contributed by atoms with van der Waals surface area (Å²) in [5.74, 6) is 0. The molecule has 4 nitrogen and oxygen atoms in total. The third-order valence-electron chi connectivity index (χ3n) is 2.71. The van der Waals surface area contributed by atoms with Crippen molar-refractivity contribution >= 4 is 6.16 Å². The highest BCUT2D eigenvalue weighted by molar-refractivity contribution is 5.60. The van der Waals surface area contributed by atoms with Gasteiger partial charge in [0, 0.05) is 0 Å². The Bertz CT molecular complexity index is 291. The normalized spacial score (nSPS) is 26.9. The highest BCUT2D eigenvalue weighted by atomic mass is 16.7. The second kappa shape index (κ2) is 6.78. The van der Waals surface area contributed by atoms with Gasteiger partial charge in [-0.1, -0.05) is 6.08 Å². The molecule has 1 rings (SSSR count). The van der Waals surface area contributed by atoms with Crippen LogP contribution in [0.4, 0.5) is 4.79 Å². The van der Waals surface area contributed by atoms with Gasteiger partial charge in [-0.15, -0.1) is 0 Å². The van der Waals surface area contributed by atoms with Crippen molar-refractivity contribution in [2.24, 2.45) is 0 Å². The number of hydrogen-bond donors (Lipinski definition) is 0. The summed E-state index contributed by atoms with van der Waals surface area (Å²) in [4.78, 5) is 11.1. The lowest BCUT2D eigenvalue weighted by Gasteiger charge is -2.29. The van der Waals surface area contributed by atoms with E-state index in [4.69, 9.17) is 9.47 Å². The average Bonchev–Trinajstić information content (AvgIpc) is 2.25. The molecule has 0 aliphatic heterocycles. The van der Waals surface area contributed by atoms with Crippen molar-refractivity contribution in [1.29, 1.82) is 0 Å². The summed E-state index contributed by atoms with van der Waals surface area (Å²) in [7, 11) is 1.32. The van der Waals surface area contributed by atoms with Gasteiger partial charge in [0.15, 0.2) is 0 Å². The molecule has 0 saturated carbocycles. The maximum atomic E-state index is 11.1. The number of allylic oxidation sites excluding steroid dienone is 1. The molecule has 1 aliphatic rings. The molecule has 0 fully saturated rings. The van der Waals surface area contributed by atoms with Gasteiger partial charge in [0.25, 0.3) is 0 Å². The van der Waals surface area contributed by atoms with Crippen LogP contribution in [0.25, 0.3) is 0 Å². The molecule has 0 aromatic rings. The molecule has 104 valence electrons. The Morgan fingerprint density at radius 2 is 1.94 bits per heavy atom. The van der Waals surface area contributed by atoms with Crippen molar-refractivity contribution in [3.05, 3.63) is 12.2 Å². The molecule has 2 unspecified atom stereocenters. The minimum Gasteiger partial charge on any atom is -0.438 e. The number of ether oxygens (including phenoxy) is 3. The molecule has 2 atom stereocenters. The van der Waals surface area contributed by atoms with E-state index in [0.717, 1.165) is 25.7 Å². The summed E-state index contributed by atoms with van der Waals surface area (Å²) in [6.45, 7) is 6.18. The molecule has 0 bridgehead atoms. The fourth-order valence-electron chi connectivity index (χ4n) is 2.01. The van der Waals surface area contributed by atoms with Gasteiger partial charge in [0.1, 0.15) is 6.10 Å². The lowest BCUT2D eigenvalue weighted by molar-refractivity contribution is -0.0704. The van der Waals surface area contributed by atoms with Crippen molar-refractivity contribution in [3.63, 3.8) is 0 Å². The van der Waals surface area contributed by atoms with Gasteiger partial charge in [0.2, 0.25) is 0 Å². The lowest BCUT2D eigenvalue weighted by Crippen LogP contribution is -2.29. The van der Waals surface area contributed by atoms with Gasteiger partial charge in [-0.05, 0) is 52.5 Å². The molecule has 0 spiro atoms. The number of rotatable bonds is 2. The predicted octanol–water partition coefficient (Wildman–Crippen LogP) is 3.45.